The van der Waals surface area contributed by atoms with Crippen LogP contribution in [0.5, 0.6) is 0 Å². The van der Waals surface area contributed by atoms with Gasteiger partial charge in [0.1, 0.15) is 5.82 Å². The maximum Gasteiger partial charge on any atom is 0.278 e. The summed E-state index contributed by atoms with van der Waals surface area (Å²) in [7, 11) is 0. The molecule has 1 saturated carbocycles. The zero-order valence-corrected chi connectivity index (χ0v) is 11.2. The van der Waals surface area contributed by atoms with E-state index < -0.39 is 0 Å². The predicted octanol–water partition coefficient (Wildman–Crippen LogP) is 0.890. The van der Waals surface area contributed by atoms with Gasteiger partial charge in [-0.15, -0.1) is 0 Å². The van der Waals surface area contributed by atoms with Crippen molar-refractivity contribution in [3.63, 3.8) is 0 Å². The van der Waals surface area contributed by atoms with Gasteiger partial charge in [0.25, 0.3) is 5.56 Å². The summed E-state index contributed by atoms with van der Waals surface area (Å²) in [6.07, 6.45) is 1.95. The first-order chi connectivity index (χ1) is 10.1. The molecule has 0 atom stereocenters. The molecule has 0 bridgehead atoms. The number of benzene rings is 1. The van der Waals surface area contributed by atoms with Crippen LogP contribution in [0.4, 0.5) is 11.6 Å². The second-order valence-corrected chi connectivity index (χ2v) is 5.44. The van der Waals surface area contributed by atoms with Crippen LogP contribution in [0.2, 0.25) is 0 Å². The highest BCUT2D eigenvalue weighted by Gasteiger charge is 2.48. The van der Waals surface area contributed by atoms with Crippen molar-refractivity contribution in [1.29, 1.82) is 0 Å². The molecule has 4 rings (SSSR count). The third kappa shape index (κ3) is 1.70. The molecule has 106 valence electrons. The Kier molecular flexibility index (Phi) is 2.19. The Labute approximate surface area is 119 Å². The van der Waals surface area contributed by atoms with Gasteiger partial charge < -0.3 is 16.5 Å². The number of rotatable bonds is 2. The quantitative estimate of drug-likeness (QED) is 0.519. The van der Waals surface area contributed by atoms with Crippen LogP contribution in [0, 0.1) is 0 Å². The number of fused-ring (bicyclic) bond motifs is 1. The van der Waals surface area contributed by atoms with E-state index in [1.54, 1.807) is 0 Å². The lowest BCUT2D eigenvalue weighted by atomic mass is 9.95. The molecule has 1 aromatic carbocycles. The van der Waals surface area contributed by atoms with Crippen molar-refractivity contribution >= 4 is 22.8 Å². The molecule has 1 aliphatic carbocycles. The molecule has 0 radical (unpaired) electrons. The number of anilines is 2. The van der Waals surface area contributed by atoms with Crippen molar-refractivity contribution in [2.75, 3.05) is 11.5 Å². The van der Waals surface area contributed by atoms with Crippen LogP contribution in [0.25, 0.3) is 11.2 Å². The highest BCUT2D eigenvalue weighted by Crippen LogP contribution is 2.52. The highest BCUT2D eigenvalue weighted by molar-refractivity contribution is 5.71. The van der Waals surface area contributed by atoms with Gasteiger partial charge in [0.2, 0.25) is 5.95 Å². The summed E-state index contributed by atoms with van der Waals surface area (Å²) in [6, 6.07) is 7.76. The molecule has 0 unspecified atom stereocenters. The topological polar surface area (TPSA) is 126 Å². The second-order valence-electron chi connectivity index (χ2n) is 5.44. The van der Waals surface area contributed by atoms with Crippen molar-refractivity contribution in [2.24, 2.45) is 0 Å². The number of imidazole rings is 1. The number of hydrogen-bond acceptors (Lipinski definition) is 5. The molecule has 0 saturated heterocycles. The number of nitrogens with one attached hydrogen (secondary N) is 2. The molecule has 1 aliphatic rings. The fourth-order valence-corrected chi connectivity index (χ4v) is 2.74. The van der Waals surface area contributed by atoms with E-state index in [4.69, 9.17) is 11.5 Å². The summed E-state index contributed by atoms with van der Waals surface area (Å²) in [5, 5.41) is 0. The summed E-state index contributed by atoms with van der Waals surface area (Å²) < 4.78 is 0. The Morgan fingerprint density at radius 3 is 2.43 bits per heavy atom. The smallest absolute Gasteiger partial charge is 0.278 e. The SMILES string of the molecule is Nc1ccc(C2(c3nc4nc(N)[nH]c(=O)c4[nH]3)CC2)cc1. The van der Waals surface area contributed by atoms with Gasteiger partial charge in [-0.25, -0.2) is 4.98 Å². The number of nitrogens with zero attached hydrogens (tertiary/aromatic N) is 2. The maximum absolute atomic E-state index is 11.9. The molecule has 2 heterocycles. The molecule has 0 aliphatic heterocycles. The number of aromatic amines is 2. The van der Waals surface area contributed by atoms with Gasteiger partial charge in [-0.3, -0.25) is 9.78 Å². The van der Waals surface area contributed by atoms with Crippen molar-refractivity contribution in [2.45, 2.75) is 18.3 Å². The Morgan fingerprint density at radius 1 is 1.05 bits per heavy atom. The van der Waals surface area contributed by atoms with Gasteiger partial charge in [-0.05, 0) is 30.5 Å². The largest absolute Gasteiger partial charge is 0.399 e. The van der Waals surface area contributed by atoms with E-state index in [2.05, 4.69) is 19.9 Å². The molecule has 7 nitrogen and oxygen atoms in total. The molecule has 2 aromatic heterocycles. The Morgan fingerprint density at radius 2 is 1.76 bits per heavy atom. The molecule has 21 heavy (non-hydrogen) atoms. The van der Waals surface area contributed by atoms with E-state index >= 15 is 0 Å². The molecule has 1 fully saturated rings. The zero-order valence-electron chi connectivity index (χ0n) is 11.2. The van der Waals surface area contributed by atoms with Crippen molar-refractivity contribution in [3.05, 3.63) is 46.0 Å². The standard InChI is InChI=1S/C14H14N6O/c15-8-3-1-7(2-4-8)14(5-6-14)12-17-9-10(18-12)19-13(16)20-11(9)21/h1-4H,5-6,15H2,(H4,16,17,18,19,20,21). The summed E-state index contributed by atoms with van der Waals surface area (Å²) >= 11 is 0. The minimum Gasteiger partial charge on any atom is -0.399 e. The van der Waals surface area contributed by atoms with Crippen LogP contribution in [0.1, 0.15) is 24.2 Å². The van der Waals surface area contributed by atoms with Crippen LogP contribution >= 0.6 is 0 Å². The molecule has 0 amide bonds. The van der Waals surface area contributed by atoms with Gasteiger partial charge in [0, 0.05) is 5.69 Å². The number of aromatic nitrogens is 4. The van der Waals surface area contributed by atoms with Crippen molar-refractivity contribution in [1.82, 2.24) is 19.9 Å². The fourth-order valence-electron chi connectivity index (χ4n) is 2.74. The second kappa shape index (κ2) is 3.85. The molecule has 0 spiro atoms. The number of hydrogen-bond donors (Lipinski definition) is 4. The monoisotopic (exact) mass is 282 g/mol. The molecular weight excluding hydrogens is 268 g/mol. The average molecular weight is 282 g/mol. The van der Waals surface area contributed by atoms with Gasteiger partial charge >= 0.3 is 0 Å². The van der Waals surface area contributed by atoms with Crippen LogP contribution in [0.15, 0.2) is 29.1 Å². The zero-order chi connectivity index (χ0) is 14.6. The number of H-pyrrole nitrogens is 2. The normalized spacial score (nSPS) is 16.2. The first kappa shape index (κ1) is 12.0. The average Bonchev–Trinajstić information content (AvgIpc) is 3.13. The Balaban J connectivity index is 1.88. The van der Waals surface area contributed by atoms with Crippen LogP contribution in [0.3, 0.4) is 0 Å². The van der Waals surface area contributed by atoms with Gasteiger partial charge in [-0.1, -0.05) is 12.1 Å². The number of nitrogen functional groups attached to an aromatic ring is 2. The maximum atomic E-state index is 11.9. The lowest BCUT2D eigenvalue weighted by Gasteiger charge is -2.12. The predicted molar refractivity (Wildman–Crippen MR) is 79.8 cm³/mol. The van der Waals surface area contributed by atoms with E-state index in [9.17, 15) is 4.79 Å². The van der Waals surface area contributed by atoms with E-state index in [-0.39, 0.29) is 16.9 Å². The highest BCUT2D eigenvalue weighted by atomic mass is 16.1. The van der Waals surface area contributed by atoms with Crippen LogP contribution in [-0.2, 0) is 5.41 Å². The van der Waals surface area contributed by atoms with E-state index in [0.717, 1.165) is 29.9 Å². The summed E-state index contributed by atoms with van der Waals surface area (Å²) in [5.41, 5.74) is 13.4. The third-order valence-electron chi connectivity index (χ3n) is 4.05. The van der Waals surface area contributed by atoms with Gasteiger partial charge in [0.15, 0.2) is 11.2 Å². The van der Waals surface area contributed by atoms with E-state index in [1.807, 2.05) is 24.3 Å². The van der Waals surface area contributed by atoms with Gasteiger partial charge in [-0.2, -0.15) is 4.98 Å². The molecular formula is C14H14N6O. The van der Waals surface area contributed by atoms with Gasteiger partial charge in [0.05, 0.1) is 5.41 Å². The first-order valence-corrected chi connectivity index (χ1v) is 6.70. The summed E-state index contributed by atoms with van der Waals surface area (Å²) in [6.45, 7) is 0. The fraction of sp³-hybridized carbons (Fsp3) is 0.214. The summed E-state index contributed by atoms with van der Waals surface area (Å²) in [5.74, 6) is 0.828. The Bertz CT molecular complexity index is 888. The Hall–Kier alpha value is -2.83. The minimum absolute atomic E-state index is 0.0721. The van der Waals surface area contributed by atoms with Crippen molar-refractivity contribution in [3.8, 4) is 0 Å². The van der Waals surface area contributed by atoms with E-state index in [0.29, 0.717) is 11.2 Å². The lowest BCUT2D eigenvalue weighted by molar-refractivity contribution is 0.778. The minimum atomic E-state index is -0.302. The third-order valence-corrected chi connectivity index (χ3v) is 4.05. The first-order valence-electron chi connectivity index (χ1n) is 6.70. The van der Waals surface area contributed by atoms with E-state index in [1.165, 1.54) is 0 Å². The molecule has 7 heteroatoms. The number of nitrogens with two attached hydrogens (primary N) is 2. The van der Waals surface area contributed by atoms with Crippen molar-refractivity contribution < 1.29 is 0 Å². The summed E-state index contributed by atoms with van der Waals surface area (Å²) in [4.78, 5) is 26.0. The lowest BCUT2D eigenvalue weighted by Crippen LogP contribution is -2.12. The molecule has 6 N–H and O–H groups in total. The van der Waals surface area contributed by atoms with Crippen LogP contribution < -0.4 is 17.0 Å². The van der Waals surface area contributed by atoms with Crippen LogP contribution in [-0.4, -0.2) is 19.9 Å². The molecule has 3 aromatic rings.